The summed E-state index contributed by atoms with van der Waals surface area (Å²) in [6, 6.07) is 0. The standard InChI is InChI=1S/C10H11F3N6S/c1-5-7(14)17-20-8(5)18-2-3-19-6(4-18)15-16-9(19)10(11,12)13/h2-4H2,1H3,(H2,14,17). The van der Waals surface area contributed by atoms with E-state index in [0.29, 0.717) is 18.2 Å². The fourth-order valence-electron chi connectivity index (χ4n) is 2.17. The number of anilines is 2. The average Bonchev–Trinajstić information content (AvgIpc) is 2.93. The first-order valence-corrected chi connectivity index (χ1v) is 6.61. The van der Waals surface area contributed by atoms with Crippen molar-refractivity contribution in [1.29, 1.82) is 0 Å². The van der Waals surface area contributed by atoms with Crippen molar-refractivity contribution in [2.45, 2.75) is 26.2 Å². The summed E-state index contributed by atoms with van der Waals surface area (Å²) in [5, 5.41) is 7.75. The average molecular weight is 304 g/mol. The zero-order chi connectivity index (χ0) is 14.5. The minimum absolute atomic E-state index is 0.189. The molecule has 2 aromatic rings. The maximum absolute atomic E-state index is 12.7. The van der Waals surface area contributed by atoms with Gasteiger partial charge in [0.2, 0.25) is 5.82 Å². The molecule has 0 bridgehead atoms. The highest BCUT2D eigenvalue weighted by atomic mass is 32.1. The largest absolute Gasteiger partial charge is 0.451 e. The van der Waals surface area contributed by atoms with Gasteiger partial charge in [-0.25, -0.2) is 0 Å². The van der Waals surface area contributed by atoms with Crippen molar-refractivity contribution < 1.29 is 13.2 Å². The Kier molecular flexibility index (Phi) is 2.85. The molecule has 1 aliphatic heterocycles. The molecule has 3 rings (SSSR count). The second kappa shape index (κ2) is 4.33. The Labute approximate surface area is 116 Å². The van der Waals surface area contributed by atoms with E-state index in [0.717, 1.165) is 15.1 Å². The van der Waals surface area contributed by atoms with Gasteiger partial charge < -0.3 is 15.2 Å². The van der Waals surface area contributed by atoms with Gasteiger partial charge >= 0.3 is 6.18 Å². The number of halogens is 3. The Balaban J connectivity index is 1.90. The van der Waals surface area contributed by atoms with Gasteiger partial charge in [0.25, 0.3) is 0 Å². The van der Waals surface area contributed by atoms with Crippen molar-refractivity contribution in [3.8, 4) is 0 Å². The number of nitrogen functional groups attached to an aromatic ring is 1. The quantitative estimate of drug-likeness (QED) is 0.867. The summed E-state index contributed by atoms with van der Waals surface area (Å²) in [6.07, 6.45) is -4.47. The highest BCUT2D eigenvalue weighted by Gasteiger charge is 2.39. The van der Waals surface area contributed by atoms with E-state index in [4.69, 9.17) is 5.73 Å². The van der Waals surface area contributed by atoms with Crippen LogP contribution < -0.4 is 10.6 Å². The SMILES string of the molecule is Cc1c(N)nsc1N1CCn2c(nnc2C(F)(F)F)C1. The van der Waals surface area contributed by atoms with Gasteiger partial charge in [0.05, 0.1) is 6.54 Å². The fourth-order valence-corrected chi connectivity index (χ4v) is 3.01. The van der Waals surface area contributed by atoms with Gasteiger partial charge in [0, 0.05) is 18.7 Å². The lowest BCUT2D eigenvalue weighted by Crippen LogP contribution is -2.35. The molecule has 0 atom stereocenters. The van der Waals surface area contributed by atoms with Crippen LogP contribution in [-0.4, -0.2) is 25.7 Å². The molecule has 0 spiro atoms. The van der Waals surface area contributed by atoms with Gasteiger partial charge in [0.1, 0.15) is 10.8 Å². The highest BCUT2D eigenvalue weighted by molar-refractivity contribution is 7.10. The zero-order valence-electron chi connectivity index (χ0n) is 10.5. The minimum Gasteiger partial charge on any atom is -0.383 e. The van der Waals surface area contributed by atoms with Crippen LogP contribution in [-0.2, 0) is 19.3 Å². The zero-order valence-corrected chi connectivity index (χ0v) is 11.3. The normalized spacial score (nSPS) is 15.5. The lowest BCUT2D eigenvalue weighted by Gasteiger charge is -2.28. The van der Waals surface area contributed by atoms with E-state index >= 15 is 0 Å². The highest BCUT2D eigenvalue weighted by Crippen LogP contribution is 2.34. The maximum atomic E-state index is 12.7. The molecule has 2 N–H and O–H groups in total. The van der Waals surface area contributed by atoms with Gasteiger partial charge in [-0.1, -0.05) is 0 Å². The van der Waals surface area contributed by atoms with E-state index in [2.05, 4.69) is 14.6 Å². The van der Waals surface area contributed by atoms with Gasteiger partial charge in [-0.05, 0) is 18.5 Å². The second-order valence-corrected chi connectivity index (χ2v) is 5.26. The molecule has 6 nitrogen and oxygen atoms in total. The summed E-state index contributed by atoms with van der Waals surface area (Å²) < 4.78 is 43.4. The number of alkyl halides is 3. The summed E-state index contributed by atoms with van der Waals surface area (Å²) in [7, 11) is 0. The first-order valence-electron chi connectivity index (χ1n) is 5.84. The smallest absolute Gasteiger partial charge is 0.383 e. The fraction of sp³-hybridized carbons (Fsp3) is 0.500. The van der Waals surface area contributed by atoms with Crippen LogP contribution in [0.4, 0.5) is 24.0 Å². The van der Waals surface area contributed by atoms with Crippen LogP contribution in [0, 0.1) is 6.92 Å². The van der Waals surface area contributed by atoms with Crippen LogP contribution in [0.15, 0.2) is 0 Å². The lowest BCUT2D eigenvalue weighted by atomic mass is 10.3. The van der Waals surface area contributed by atoms with Crippen LogP contribution in [0.2, 0.25) is 0 Å². The van der Waals surface area contributed by atoms with Crippen LogP contribution >= 0.6 is 11.5 Å². The number of fused-ring (bicyclic) bond motifs is 1. The van der Waals surface area contributed by atoms with Crippen molar-refractivity contribution >= 4 is 22.4 Å². The van der Waals surface area contributed by atoms with Crippen LogP contribution in [0.3, 0.4) is 0 Å². The number of hydrogen-bond donors (Lipinski definition) is 1. The number of aromatic nitrogens is 4. The van der Waals surface area contributed by atoms with Crippen molar-refractivity contribution in [3.63, 3.8) is 0 Å². The maximum Gasteiger partial charge on any atom is 0.451 e. The molecular weight excluding hydrogens is 293 g/mol. The van der Waals surface area contributed by atoms with Crippen molar-refractivity contribution in [1.82, 2.24) is 19.1 Å². The molecule has 0 aliphatic carbocycles. The monoisotopic (exact) mass is 304 g/mol. The molecule has 0 unspecified atom stereocenters. The topological polar surface area (TPSA) is 72.9 Å². The van der Waals surface area contributed by atoms with E-state index < -0.39 is 12.0 Å². The van der Waals surface area contributed by atoms with Crippen LogP contribution in [0.5, 0.6) is 0 Å². The molecule has 20 heavy (non-hydrogen) atoms. The molecule has 2 aromatic heterocycles. The van der Waals surface area contributed by atoms with Crippen LogP contribution in [0.25, 0.3) is 0 Å². The molecule has 0 amide bonds. The molecule has 10 heteroatoms. The number of nitrogens with two attached hydrogens (primary N) is 1. The number of rotatable bonds is 1. The Morgan fingerprint density at radius 2 is 2.00 bits per heavy atom. The molecular formula is C10H11F3N6S. The first-order chi connectivity index (χ1) is 9.38. The van der Waals surface area contributed by atoms with E-state index in [1.807, 2.05) is 11.8 Å². The summed E-state index contributed by atoms with van der Waals surface area (Å²) >= 11 is 1.24. The third kappa shape index (κ3) is 1.99. The Hall–Kier alpha value is -1.84. The predicted molar refractivity (Wildman–Crippen MR) is 67.3 cm³/mol. The minimum atomic E-state index is -4.47. The van der Waals surface area contributed by atoms with Crippen molar-refractivity contribution in [2.24, 2.45) is 0 Å². The molecule has 3 heterocycles. The summed E-state index contributed by atoms with van der Waals surface area (Å²) in [6.45, 7) is 2.74. The van der Waals surface area contributed by atoms with Gasteiger partial charge in [0.15, 0.2) is 5.82 Å². The number of nitrogens with zero attached hydrogens (tertiary/aromatic N) is 5. The summed E-state index contributed by atoms with van der Waals surface area (Å²) in [5.74, 6) is -0.185. The molecule has 0 radical (unpaired) electrons. The molecule has 108 valence electrons. The molecule has 0 saturated carbocycles. The van der Waals surface area contributed by atoms with Gasteiger partial charge in [-0.15, -0.1) is 10.2 Å². The molecule has 0 aromatic carbocycles. The van der Waals surface area contributed by atoms with Crippen LogP contribution in [0.1, 0.15) is 17.2 Å². The van der Waals surface area contributed by atoms with Crippen molar-refractivity contribution in [2.75, 3.05) is 17.2 Å². The number of hydrogen-bond acceptors (Lipinski definition) is 6. The Morgan fingerprint density at radius 3 is 2.60 bits per heavy atom. The first kappa shape index (κ1) is 13.2. The third-order valence-electron chi connectivity index (χ3n) is 3.23. The third-order valence-corrected chi connectivity index (χ3v) is 4.25. The van der Waals surface area contributed by atoms with E-state index in [9.17, 15) is 13.2 Å². The molecule has 0 saturated heterocycles. The van der Waals surface area contributed by atoms with E-state index in [-0.39, 0.29) is 13.1 Å². The van der Waals surface area contributed by atoms with Gasteiger partial charge in [-0.2, -0.15) is 17.5 Å². The Bertz CT molecular complexity index is 646. The predicted octanol–water partition coefficient (Wildman–Crippen LogP) is 1.66. The van der Waals surface area contributed by atoms with E-state index in [1.165, 1.54) is 11.5 Å². The van der Waals surface area contributed by atoms with Crippen molar-refractivity contribution in [3.05, 3.63) is 17.2 Å². The Morgan fingerprint density at radius 1 is 1.25 bits per heavy atom. The van der Waals surface area contributed by atoms with E-state index in [1.54, 1.807) is 0 Å². The van der Waals surface area contributed by atoms with Gasteiger partial charge in [-0.3, -0.25) is 0 Å². The molecule has 1 aliphatic rings. The molecule has 0 fully saturated rings. The summed E-state index contributed by atoms with van der Waals surface area (Å²) in [5.41, 5.74) is 6.54. The second-order valence-electron chi connectivity index (χ2n) is 4.51. The lowest BCUT2D eigenvalue weighted by molar-refractivity contribution is -0.147. The summed E-state index contributed by atoms with van der Waals surface area (Å²) in [4.78, 5) is 1.92.